The number of nitrogens with two attached hydrogens (primary N) is 1. The number of esters is 1. The molecule has 1 aromatic rings. The number of imide groups is 2. The Morgan fingerprint density at radius 2 is 1.77 bits per heavy atom. The summed E-state index contributed by atoms with van der Waals surface area (Å²) in [6.07, 6.45) is -3.41. The van der Waals surface area contributed by atoms with Crippen LogP contribution in [0, 0.1) is 5.92 Å². The molecule has 1 unspecified atom stereocenters. The molecular weight excluding hydrogens is 473 g/mol. The maximum absolute atomic E-state index is 13.4. The van der Waals surface area contributed by atoms with Crippen LogP contribution in [0.3, 0.4) is 0 Å². The van der Waals surface area contributed by atoms with Crippen LogP contribution < -0.4 is 20.7 Å². The highest BCUT2D eigenvalue weighted by molar-refractivity contribution is 6.26. The number of amides is 4. The zero-order valence-electron chi connectivity index (χ0n) is 18.5. The van der Waals surface area contributed by atoms with E-state index in [1.807, 2.05) is 0 Å². The molecule has 3 N–H and O–H groups in total. The normalized spacial score (nSPS) is 21.3. The zero-order chi connectivity index (χ0) is 25.5. The van der Waals surface area contributed by atoms with Crippen molar-refractivity contribution in [2.75, 3.05) is 24.5 Å². The van der Waals surface area contributed by atoms with Crippen LogP contribution in [0.25, 0.3) is 0 Å². The first kappa shape index (κ1) is 24.6. The van der Waals surface area contributed by atoms with Gasteiger partial charge < -0.3 is 15.4 Å². The number of nitrogens with zero attached hydrogens (tertiary/aromatic N) is 2. The average Bonchev–Trinajstić information content (AvgIpc) is 3.04. The lowest BCUT2D eigenvalue weighted by atomic mass is 9.92. The van der Waals surface area contributed by atoms with Gasteiger partial charge in [-0.2, -0.15) is 13.2 Å². The van der Waals surface area contributed by atoms with Gasteiger partial charge in [-0.05, 0) is 50.3 Å². The van der Waals surface area contributed by atoms with Crippen molar-refractivity contribution in [3.05, 3.63) is 23.3 Å². The molecule has 3 heterocycles. The number of fused-ring (bicyclic) bond motifs is 1. The van der Waals surface area contributed by atoms with E-state index in [0.29, 0.717) is 37.4 Å². The number of carbonyl (C=O) groups is 5. The molecule has 1 aromatic carbocycles. The smallest absolute Gasteiger partial charge is 0.418 e. The fourth-order valence-electron chi connectivity index (χ4n) is 4.76. The molecule has 3 aliphatic heterocycles. The standard InChI is InChI=1S/C22H23F3N4O6/c23-22(24,25)21(34)35-14-3-1-12-16(17(14)28-9-6-11(5-8-26)7-10-28)20(33)29(19(12)32)13-2-4-15(30)27-18(13)31/h1,3,11,13H,2,4-10,26H2,(H,27,30,31). The molecule has 188 valence electrons. The van der Waals surface area contributed by atoms with Gasteiger partial charge in [-0.3, -0.25) is 29.4 Å². The Balaban J connectivity index is 1.74. The lowest BCUT2D eigenvalue weighted by Gasteiger charge is -2.35. The van der Waals surface area contributed by atoms with E-state index in [1.54, 1.807) is 4.90 Å². The predicted octanol–water partition coefficient (Wildman–Crippen LogP) is 1.12. The van der Waals surface area contributed by atoms with Crippen molar-refractivity contribution in [3.63, 3.8) is 0 Å². The number of hydrogen-bond donors (Lipinski definition) is 2. The molecule has 0 aromatic heterocycles. The van der Waals surface area contributed by atoms with Gasteiger partial charge in [0.15, 0.2) is 5.75 Å². The molecular formula is C22H23F3N4O6. The zero-order valence-corrected chi connectivity index (χ0v) is 18.5. The summed E-state index contributed by atoms with van der Waals surface area (Å²) in [7, 11) is 0. The first-order valence-electron chi connectivity index (χ1n) is 11.2. The van der Waals surface area contributed by atoms with Crippen LogP contribution in [-0.2, 0) is 14.4 Å². The molecule has 1 atom stereocenters. The monoisotopic (exact) mass is 496 g/mol. The SMILES string of the molecule is NCCC1CCN(c2c(OC(=O)C(F)(F)F)ccc3c2C(=O)N(C2CCC(=O)NC2=O)C3=O)CC1. The van der Waals surface area contributed by atoms with Gasteiger partial charge in [0.25, 0.3) is 11.8 Å². The topological polar surface area (TPSA) is 139 Å². The van der Waals surface area contributed by atoms with Crippen molar-refractivity contribution >= 4 is 35.3 Å². The van der Waals surface area contributed by atoms with Gasteiger partial charge in [0.05, 0.1) is 16.8 Å². The lowest BCUT2D eigenvalue weighted by molar-refractivity contribution is -0.189. The van der Waals surface area contributed by atoms with Crippen LogP contribution in [0.1, 0.15) is 52.8 Å². The van der Waals surface area contributed by atoms with Gasteiger partial charge >= 0.3 is 12.1 Å². The van der Waals surface area contributed by atoms with Gasteiger partial charge in [0.1, 0.15) is 6.04 Å². The molecule has 0 saturated carbocycles. The number of alkyl halides is 3. The molecule has 13 heteroatoms. The molecule has 3 aliphatic rings. The van der Waals surface area contributed by atoms with Crippen LogP contribution in [0.5, 0.6) is 5.75 Å². The summed E-state index contributed by atoms with van der Waals surface area (Å²) in [4.78, 5) is 64.3. The van der Waals surface area contributed by atoms with E-state index in [0.717, 1.165) is 18.6 Å². The average molecular weight is 496 g/mol. The Morgan fingerprint density at radius 3 is 2.37 bits per heavy atom. The quantitative estimate of drug-likeness (QED) is 0.351. The number of benzene rings is 1. The minimum absolute atomic E-state index is 0.0775. The van der Waals surface area contributed by atoms with Crippen molar-refractivity contribution in [1.29, 1.82) is 0 Å². The number of nitrogens with one attached hydrogen (secondary N) is 1. The Labute approximate surface area is 197 Å². The minimum atomic E-state index is -5.27. The van der Waals surface area contributed by atoms with Crippen molar-refractivity contribution in [3.8, 4) is 5.75 Å². The van der Waals surface area contributed by atoms with Crippen molar-refractivity contribution in [1.82, 2.24) is 10.2 Å². The van der Waals surface area contributed by atoms with Gasteiger partial charge in [0, 0.05) is 19.5 Å². The third kappa shape index (κ3) is 4.59. The second-order valence-corrected chi connectivity index (χ2v) is 8.68. The molecule has 2 fully saturated rings. The van der Waals surface area contributed by atoms with E-state index in [4.69, 9.17) is 5.73 Å². The van der Waals surface area contributed by atoms with E-state index in [9.17, 15) is 37.1 Å². The Hall–Kier alpha value is -3.48. The van der Waals surface area contributed by atoms with E-state index in [1.165, 1.54) is 0 Å². The summed E-state index contributed by atoms with van der Waals surface area (Å²) in [6.45, 7) is 1.14. The fraction of sp³-hybridized carbons (Fsp3) is 0.500. The third-order valence-electron chi connectivity index (χ3n) is 6.48. The summed E-state index contributed by atoms with van der Waals surface area (Å²) in [5, 5.41) is 2.08. The van der Waals surface area contributed by atoms with E-state index < -0.39 is 47.6 Å². The number of ether oxygens (including phenoxy) is 1. The number of anilines is 1. The van der Waals surface area contributed by atoms with Crippen LogP contribution in [-0.4, -0.2) is 66.4 Å². The predicted molar refractivity (Wildman–Crippen MR) is 113 cm³/mol. The molecule has 0 aliphatic carbocycles. The molecule has 4 amide bonds. The highest BCUT2D eigenvalue weighted by atomic mass is 19.4. The van der Waals surface area contributed by atoms with Gasteiger partial charge in [-0.25, -0.2) is 4.79 Å². The largest absolute Gasteiger partial charge is 0.491 e. The summed E-state index contributed by atoms with van der Waals surface area (Å²) in [5.41, 5.74) is 5.17. The number of piperidine rings is 2. The number of carbonyl (C=O) groups excluding carboxylic acids is 5. The molecule has 4 rings (SSSR count). The third-order valence-corrected chi connectivity index (χ3v) is 6.48. The molecule has 2 saturated heterocycles. The Kier molecular flexibility index (Phi) is 6.54. The lowest BCUT2D eigenvalue weighted by Crippen LogP contribution is -2.54. The number of halogens is 3. The Morgan fingerprint density at radius 1 is 1.09 bits per heavy atom. The van der Waals surface area contributed by atoms with E-state index in [2.05, 4.69) is 10.1 Å². The van der Waals surface area contributed by atoms with Crippen molar-refractivity contribution in [2.45, 2.75) is 44.3 Å². The fourth-order valence-corrected chi connectivity index (χ4v) is 4.76. The number of rotatable bonds is 5. The number of hydrogen-bond acceptors (Lipinski definition) is 8. The van der Waals surface area contributed by atoms with Crippen molar-refractivity contribution < 1.29 is 41.9 Å². The van der Waals surface area contributed by atoms with E-state index >= 15 is 0 Å². The van der Waals surface area contributed by atoms with Crippen LogP contribution in [0.15, 0.2) is 12.1 Å². The van der Waals surface area contributed by atoms with Gasteiger partial charge in [-0.15, -0.1) is 0 Å². The summed E-state index contributed by atoms with van der Waals surface area (Å²) >= 11 is 0. The van der Waals surface area contributed by atoms with Crippen LogP contribution >= 0.6 is 0 Å². The highest BCUT2D eigenvalue weighted by Crippen LogP contribution is 2.42. The minimum Gasteiger partial charge on any atom is -0.418 e. The van der Waals surface area contributed by atoms with Gasteiger partial charge in [-0.1, -0.05) is 0 Å². The summed E-state index contributed by atoms with van der Waals surface area (Å²) in [5.74, 6) is -5.75. The maximum atomic E-state index is 13.4. The molecule has 0 spiro atoms. The van der Waals surface area contributed by atoms with E-state index in [-0.39, 0.29) is 35.6 Å². The maximum Gasteiger partial charge on any atom is 0.491 e. The first-order chi connectivity index (χ1) is 16.5. The molecule has 35 heavy (non-hydrogen) atoms. The summed E-state index contributed by atoms with van der Waals surface area (Å²) in [6, 6.07) is 0.901. The second-order valence-electron chi connectivity index (χ2n) is 8.68. The second kappa shape index (κ2) is 9.29. The van der Waals surface area contributed by atoms with Crippen LogP contribution in [0.2, 0.25) is 0 Å². The molecule has 0 radical (unpaired) electrons. The summed E-state index contributed by atoms with van der Waals surface area (Å²) < 4.78 is 43.4. The van der Waals surface area contributed by atoms with Crippen molar-refractivity contribution in [2.24, 2.45) is 11.7 Å². The van der Waals surface area contributed by atoms with Gasteiger partial charge in [0.2, 0.25) is 11.8 Å². The van der Waals surface area contributed by atoms with Crippen LogP contribution in [0.4, 0.5) is 18.9 Å². The Bertz CT molecular complexity index is 1100. The molecule has 0 bridgehead atoms. The molecule has 10 nitrogen and oxygen atoms in total. The highest BCUT2D eigenvalue weighted by Gasteiger charge is 2.48. The first-order valence-corrected chi connectivity index (χ1v) is 11.2.